The van der Waals surface area contributed by atoms with Gasteiger partial charge in [-0.2, -0.15) is 21.6 Å². The molecular weight excluding hydrogens is 455 g/mol. The molecule has 1 atom stereocenters. The van der Waals surface area contributed by atoms with Gasteiger partial charge in [-0.05, 0) is 69.2 Å². The number of rotatable bonds is 6. The molecule has 1 aromatic rings. The van der Waals surface area contributed by atoms with Crippen LogP contribution in [-0.4, -0.2) is 44.7 Å². The normalized spacial score (nSPS) is 15.3. The fourth-order valence-electron chi connectivity index (χ4n) is 3.35. The number of methoxy groups -OCH3 is 1. The van der Waals surface area contributed by atoms with Crippen LogP contribution in [0.1, 0.15) is 50.3 Å². The number of esters is 1. The molecule has 0 aliphatic heterocycles. The Morgan fingerprint density at radius 1 is 1.09 bits per heavy atom. The van der Waals surface area contributed by atoms with E-state index in [1.807, 2.05) is 0 Å². The van der Waals surface area contributed by atoms with Gasteiger partial charge in [0.05, 0.1) is 7.11 Å². The third-order valence-electron chi connectivity index (χ3n) is 4.67. The van der Waals surface area contributed by atoms with E-state index < -0.39 is 45.1 Å². The number of amides is 1. The summed E-state index contributed by atoms with van der Waals surface area (Å²) in [5.41, 5.74) is -4.87. The van der Waals surface area contributed by atoms with E-state index in [1.165, 1.54) is 6.07 Å². The van der Waals surface area contributed by atoms with Crippen molar-refractivity contribution in [3.05, 3.63) is 28.8 Å². The molecule has 0 radical (unpaired) electrons. The predicted molar refractivity (Wildman–Crippen MR) is 108 cm³/mol. The van der Waals surface area contributed by atoms with Gasteiger partial charge in [-0.25, -0.2) is 9.59 Å². The summed E-state index contributed by atoms with van der Waals surface area (Å²) in [6, 6.07) is 1.40. The summed E-state index contributed by atoms with van der Waals surface area (Å²) in [5.74, 6) is -1.13. The van der Waals surface area contributed by atoms with E-state index in [-0.39, 0.29) is 6.42 Å². The summed E-state index contributed by atoms with van der Waals surface area (Å²) in [4.78, 5) is 24.4. The molecule has 0 spiro atoms. The van der Waals surface area contributed by atoms with Crippen LogP contribution in [0.5, 0.6) is 5.75 Å². The summed E-state index contributed by atoms with van der Waals surface area (Å²) >= 11 is 0. The van der Waals surface area contributed by atoms with E-state index in [0.717, 1.165) is 19.6 Å². The van der Waals surface area contributed by atoms with E-state index in [1.54, 1.807) is 20.8 Å². The highest BCUT2D eigenvalue weighted by Crippen LogP contribution is 2.36. The summed E-state index contributed by atoms with van der Waals surface area (Å²) in [7, 11) is -4.67. The van der Waals surface area contributed by atoms with Crippen LogP contribution >= 0.6 is 0 Å². The van der Waals surface area contributed by atoms with Gasteiger partial charge in [0, 0.05) is 6.42 Å². The Bertz CT molecular complexity index is 969. The van der Waals surface area contributed by atoms with E-state index >= 15 is 0 Å². The number of alkyl carbamates (subject to hydrolysis) is 1. The second-order valence-corrected chi connectivity index (χ2v) is 9.83. The van der Waals surface area contributed by atoms with Crippen molar-refractivity contribution in [2.24, 2.45) is 0 Å². The lowest BCUT2D eigenvalue weighted by Crippen LogP contribution is -2.45. The van der Waals surface area contributed by atoms with Gasteiger partial charge in [-0.3, -0.25) is 0 Å². The minimum Gasteiger partial charge on any atom is -0.467 e. The molecule has 1 N–H and O–H groups in total. The topological polar surface area (TPSA) is 108 Å². The van der Waals surface area contributed by atoms with Crippen molar-refractivity contribution in [1.82, 2.24) is 5.32 Å². The maximum absolute atomic E-state index is 12.8. The van der Waals surface area contributed by atoms with Gasteiger partial charge in [-0.1, -0.05) is 6.07 Å². The molecule has 12 heteroatoms. The first-order valence-corrected chi connectivity index (χ1v) is 11.3. The summed E-state index contributed by atoms with van der Waals surface area (Å²) in [6.45, 7) is 4.97. The Hall–Kier alpha value is -2.50. The average Bonchev–Trinajstić information content (AvgIpc) is 2.66. The molecular formula is C20H26F3NO7S. The zero-order valence-corrected chi connectivity index (χ0v) is 19.0. The monoisotopic (exact) mass is 481 g/mol. The maximum atomic E-state index is 12.8. The zero-order valence-electron chi connectivity index (χ0n) is 18.2. The van der Waals surface area contributed by atoms with Crippen LogP contribution in [0, 0.1) is 0 Å². The van der Waals surface area contributed by atoms with E-state index in [9.17, 15) is 31.2 Å². The number of fused-ring (bicyclic) bond motifs is 1. The van der Waals surface area contributed by atoms with Crippen molar-refractivity contribution >= 4 is 22.2 Å². The van der Waals surface area contributed by atoms with Crippen molar-refractivity contribution in [3.63, 3.8) is 0 Å². The Kier molecular flexibility index (Phi) is 7.69. The summed E-state index contributed by atoms with van der Waals surface area (Å²) in [6.07, 6.45) is 1.26. The van der Waals surface area contributed by atoms with Gasteiger partial charge in [0.25, 0.3) is 0 Å². The highest BCUT2D eigenvalue weighted by Gasteiger charge is 2.49. The maximum Gasteiger partial charge on any atom is 0.534 e. The van der Waals surface area contributed by atoms with Crippen LogP contribution in [0.4, 0.5) is 18.0 Å². The number of hydrogen-bond acceptors (Lipinski definition) is 7. The molecule has 1 aliphatic carbocycles. The van der Waals surface area contributed by atoms with Crippen LogP contribution < -0.4 is 9.50 Å². The molecule has 1 aliphatic rings. The number of hydrogen-bond donors (Lipinski definition) is 1. The Balaban J connectivity index is 2.36. The van der Waals surface area contributed by atoms with Gasteiger partial charge < -0.3 is 19.0 Å². The van der Waals surface area contributed by atoms with Gasteiger partial charge in [-0.15, -0.1) is 0 Å². The molecule has 2 rings (SSSR count). The van der Waals surface area contributed by atoms with Crippen molar-refractivity contribution in [2.45, 2.75) is 70.0 Å². The summed E-state index contributed by atoms with van der Waals surface area (Å²) < 4.78 is 75.5. The van der Waals surface area contributed by atoms with Gasteiger partial charge in [0.2, 0.25) is 0 Å². The second kappa shape index (κ2) is 9.55. The van der Waals surface area contributed by atoms with E-state index in [0.29, 0.717) is 36.0 Å². The lowest BCUT2D eigenvalue weighted by molar-refractivity contribution is -0.143. The van der Waals surface area contributed by atoms with E-state index in [2.05, 4.69) is 9.50 Å². The molecule has 0 saturated heterocycles. The highest BCUT2D eigenvalue weighted by atomic mass is 32.2. The van der Waals surface area contributed by atoms with Crippen molar-refractivity contribution in [3.8, 4) is 5.75 Å². The van der Waals surface area contributed by atoms with Gasteiger partial charge >= 0.3 is 27.7 Å². The van der Waals surface area contributed by atoms with Crippen molar-refractivity contribution < 1.29 is 44.8 Å². The van der Waals surface area contributed by atoms with E-state index in [4.69, 9.17) is 9.47 Å². The molecule has 8 nitrogen and oxygen atoms in total. The first kappa shape index (κ1) is 25.8. The molecule has 180 valence electrons. The molecule has 0 unspecified atom stereocenters. The molecule has 0 saturated carbocycles. The number of carbonyl (C=O) groups is 2. The van der Waals surface area contributed by atoms with Crippen LogP contribution in [0.3, 0.4) is 0 Å². The average molecular weight is 481 g/mol. The number of alkyl halides is 3. The largest absolute Gasteiger partial charge is 0.534 e. The molecule has 0 heterocycles. The Labute approximate surface area is 184 Å². The summed E-state index contributed by atoms with van der Waals surface area (Å²) in [5, 5.41) is 2.44. The van der Waals surface area contributed by atoms with Crippen LogP contribution in [-0.2, 0) is 43.6 Å². The molecule has 0 aromatic heterocycles. The first-order valence-electron chi connectivity index (χ1n) is 9.86. The highest BCUT2D eigenvalue weighted by molar-refractivity contribution is 7.88. The number of benzene rings is 1. The van der Waals surface area contributed by atoms with Crippen LogP contribution in [0.2, 0.25) is 0 Å². The third-order valence-corrected chi connectivity index (χ3v) is 5.64. The third kappa shape index (κ3) is 6.50. The smallest absolute Gasteiger partial charge is 0.467 e. The van der Waals surface area contributed by atoms with Crippen LogP contribution in [0.25, 0.3) is 0 Å². The number of halogens is 3. The lowest BCUT2D eigenvalue weighted by atomic mass is 9.85. The number of nitrogens with one attached hydrogen (secondary N) is 1. The Morgan fingerprint density at radius 3 is 2.22 bits per heavy atom. The number of ether oxygens (including phenoxy) is 2. The predicted octanol–water partition coefficient (Wildman–Crippen LogP) is 3.40. The minimum absolute atomic E-state index is 0.0272. The van der Waals surface area contributed by atoms with Gasteiger partial charge in [0.15, 0.2) is 0 Å². The standard InChI is InChI=1S/C20H26F3NO7S/c1-19(2,3)30-18(26)24-15(17(25)29-4)11-12-9-10-16(14-8-6-5-7-13(12)14)31-32(27,28)20(21,22)23/h9-10,15H,5-8,11H2,1-4H3,(H,24,26)/t15-/m0/s1. The zero-order chi connectivity index (χ0) is 24.3. The fraction of sp³-hybridized carbons (Fsp3) is 0.600. The first-order chi connectivity index (χ1) is 14.6. The second-order valence-electron chi connectivity index (χ2n) is 8.30. The molecule has 1 amide bonds. The van der Waals surface area contributed by atoms with Crippen LogP contribution in [0.15, 0.2) is 12.1 Å². The molecule has 0 bridgehead atoms. The quantitative estimate of drug-likeness (QED) is 0.377. The fourth-order valence-corrected chi connectivity index (χ4v) is 3.84. The number of carbonyl (C=O) groups excluding carboxylic acids is 2. The van der Waals surface area contributed by atoms with Crippen molar-refractivity contribution in [2.75, 3.05) is 7.11 Å². The molecule has 32 heavy (non-hydrogen) atoms. The van der Waals surface area contributed by atoms with Crippen molar-refractivity contribution in [1.29, 1.82) is 0 Å². The molecule has 0 fully saturated rings. The SMILES string of the molecule is COC(=O)[C@H](Cc1ccc(OS(=O)(=O)C(F)(F)F)c2c1CCCC2)NC(=O)OC(C)(C)C. The minimum atomic E-state index is -5.82. The van der Waals surface area contributed by atoms with Gasteiger partial charge in [0.1, 0.15) is 17.4 Å². The molecule has 1 aromatic carbocycles. The Morgan fingerprint density at radius 2 is 1.69 bits per heavy atom. The lowest BCUT2D eigenvalue weighted by Gasteiger charge is -2.25.